The third-order valence-electron chi connectivity index (χ3n) is 4.64. The van der Waals surface area contributed by atoms with Gasteiger partial charge in [-0.3, -0.25) is 4.55 Å². The first-order chi connectivity index (χ1) is 15.9. The molecule has 10 heteroatoms. The van der Waals surface area contributed by atoms with Crippen LogP contribution in [0.25, 0.3) is 22.3 Å². The van der Waals surface area contributed by atoms with E-state index in [2.05, 4.69) is 0 Å². The van der Waals surface area contributed by atoms with E-state index >= 15 is 0 Å². The second kappa shape index (κ2) is 10.9. The molecule has 0 saturated carbocycles. The van der Waals surface area contributed by atoms with Gasteiger partial charge >= 0.3 is 0 Å². The maximum absolute atomic E-state index is 11.1. The third-order valence-corrected chi connectivity index (χ3v) is 7.38. The van der Waals surface area contributed by atoms with E-state index in [0.29, 0.717) is 10.0 Å². The van der Waals surface area contributed by atoms with Gasteiger partial charge in [0.15, 0.2) is 0 Å². The first kappa shape index (κ1) is 26.2. The maximum atomic E-state index is 11.1. The molecule has 4 aromatic carbocycles. The number of hydrogen-bond acceptors (Lipinski definition) is 4. The number of rotatable bonds is 4. The first-order valence-electron chi connectivity index (χ1n) is 9.58. The predicted octanol–water partition coefficient (Wildman–Crippen LogP) is 7.19. The van der Waals surface area contributed by atoms with E-state index < -0.39 is 19.2 Å². The van der Waals surface area contributed by atoms with Gasteiger partial charge < -0.3 is 0 Å². The largest absolute Gasteiger partial charge is 0.294 e. The smallest absolute Gasteiger partial charge is 0.282 e. The van der Waals surface area contributed by atoms with Crippen LogP contribution in [-0.4, -0.2) is 21.4 Å². The summed E-state index contributed by atoms with van der Waals surface area (Å²) in [6.45, 7) is 0. The molecule has 0 unspecified atom stereocenters. The lowest BCUT2D eigenvalue weighted by Crippen LogP contribution is -1.97. The summed E-state index contributed by atoms with van der Waals surface area (Å²) in [5.41, 5.74) is 3.66. The minimum atomic E-state index is -4.13. The highest BCUT2D eigenvalue weighted by atomic mass is 35.7. The molecule has 176 valence electrons. The maximum Gasteiger partial charge on any atom is 0.294 e. The van der Waals surface area contributed by atoms with Crippen LogP contribution >= 0.6 is 33.9 Å². The second-order valence-electron chi connectivity index (χ2n) is 6.98. The standard InChI is InChI=1S/C12H8Cl2O2S.C12H9ClO3S/c2*13-11-5-1-9(2-6-11)10-3-7-12(8-4-10)17(14,15)16/h1-8H;1-8H,(H,14,15,16). The van der Waals surface area contributed by atoms with Crippen LogP contribution in [0.15, 0.2) is 107 Å². The van der Waals surface area contributed by atoms with Gasteiger partial charge in [-0.25, -0.2) is 8.42 Å². The molecule has 0 aliphatic heterocycles. The molecule has 34 heavy (non-hydrogen) atoms. The summed E-state index contributed by atoms with van der Waals surface area (Å²) in [4.78, 5) is -0.0212. The van der Waals surface area contributed by atoms with E-state index in [1.54, 1.807) is 48.5 Å². The Morgan fingerprint density at radius 1 is 0.471 bits per heavy atom. The Labute approximate surface area is 212 Å². The van der Waals surface area contributed by atoms with E-state index in [0.717, 1.165) is 22.3 Å². The van der Waals surface area contributed by atoms with Crippen molar-refractivity contribution in [3.05, 3.63) is 107 Å². The fraction of sp³-hybridized carbons (Fsp3) is 0. The Bertz CT molecular complexity index is 1350. The minimum Gasteiger partial charge on any atom is -0.282 e. The number of benzene rings is 4. The van der Waals surface area contributed by atoms with Crippen LogP contribution in [0.3, 0.4) is 0 Å². The SMILES string of the molecule is O=S(=O)(Cl)c1ccc(-c2ccc(Cl)cc2)cc1.O=S(=O)(O)c1ccc(-c2ccc(Cl)cc2)cc1. The average molecular weight is 556 g/mol. The van der Waals surface area contributed by atoms with E-state index in [9.17, 15) is 16.8 Å². The van der Waals surface area contributed by atoms with Gasteiger partial charge in [-0.2, -0.15) is 8.42 Å². The van der Waals surface area contributed by atoms with Crippen molar-refractivity contribution in [3.63, 3.8) is 0 Å². The van der Waals surface area contributed by atoms with E-state index in [4.69, 9.17) is 38.4 Å². The molecule has 0 saturated heterocycles. The molecule has 0 heterocycles. The van der Waals surface area contributed by atoms with Gasteiger partial charge in [0.25, 0.3) is 19.2 Å². The van der Waals surface area contributed by atoms with Crippen LogP contribution in [0.5, 0.6) is 0 Å². The minimum absolute atomic E-state index is 0.0943. The third kappa shape index (κ3) is 7.30. The van der Waals surface area contributed by atoms with Gasteiger partial charge in [0.1, 0.15) is 0 Å². The zero-order valence-corrected chi connectivity index (χ0v) is 21.2. The van der Waals surface area contributed by atoms with Crippen molar-refractivity contribution in [3.8, 4) is 22.3 Å². The molecular weight excluding hydrogens is 539 g/mol. The highest BCUT2D eigenvalue weighted by molar-refractivity contribution is 8.13. The molecule has 0 spiro atoms. The fourth-order valence-electron chi connectivity index (χ4n) is 2.91. The molecule has 0 bridgehead atoms. The average Bonchev–Trinajstić information content (AvgIpc) is 2.80. The molecule has 5 nitrogen and oxygen atoms in total. The Morgan fingerprint density at radius 3 is 1.00 bits per heavy atom. The summed E-state index contributed by atoms with van der Waals surface area (Å²) in [6.07, 6.45) is 0. The fourth-order valence-corrected chi connectivity index (χ4v) is 4.42. The molecule has 1 N–H and O–H groups in total. The summed E-state index contributed by atoms with van der Waals surface area (Å²) in [5.74, 6) is 0. The number of hydrogen-bond donors (Lipinski definition) is 1. The van der Waals surface area contributed by atoms with Crippen molar-refractivity contribution in [2.24, 2.45) is 0 Å². The topological polar surface area (TPSA) is 88.5 Å². The summed E-state index contributed by atoms with van der Waals surface area (Å²) >= 11 is 11.6. The molecule has 4 aromatic rings. The molecule has 4 rings (SSSR count). The second-order valence-corrected chi connectivity index (χ2v) is 11.8. The highest BCUT2D eigenvalue weighted by Crippen LogP contribution is 2.25. The van der Waals surface area contributed by atoms with Gasteiger partial charge in [0.05, 0.1) is 9.79 Å². The van der Waals surface area contributed by atoms with Gasteiger partial charge in [0.2, 0.25) is 0 Å². The van der Waals surface area contributed by atoms with Crippen molar-refractivity contribution in [2.45, 2.75) is 9.79 Å². The molecule has 0 atom stereocenters. The van der Waals surface area contributed by atoms with Gasteiger partial charge in [-0.1, -0.05) is 71.7 Å². The molecule has 0 fully saturated rings. The zero-order valence-electron chi connectivity index (χ0n) is 17.3. The quantitative estimate of drug-likeness (QED) is 0.213. The van der Waals surface area contributed by atoms with Crippen molar-refractivity contribution in [1.82, 2.24) is 0 Å². The molecule has 0 amide bonds. The lowest BCUT2D eigenvalue weighted by Gasteiger charge is -2.02. The van der Waals surface area contributed by atoms with Crippen LogP contribution in [-0.2, 0) is 19.2 Å². The lowest BCUT2D eigenvalue weighted by atomic mass is 10.1. The van der Waals surface area contributed by atoms with E-state index in [1.807, 2.05) is 24.3 Å². The Kier molecular flexibility index (Phi) is 8.41. The molecule has 0 aliphatic rings. The Morgan fingerprint density at radius 2 is 0.735 bits per heavy atom. The van der Waals surface area contributed by atoms with Crippen LogP contribution < -0.4 is 0 Å². The van der Waals surface area contributed by atoms with Crippen LogP contribution in [0.4, 0.5) is 0 Å². The van der Waals surface area contributed by atoms with Crippen LogP contribution in [0.1, 0.15) is 0 Å². The van der Waals surface area contributed by atoms with Gasteiger partial charge in [-0.05, 0) is 70.8 Å². The summed E-state index contributed by atoms with van der Waals surface area (Å²) in [7, 11) is -2.55. The van der Waals surface area contributed by atoms with Crippen molar-refractivity contribution < 1.29 is 21.4 Å². The molecule has 0 aromatic heterocycles. The monoisotopic (exact) mass is 554 g/mol. The van der Waals surface area contributed by atoms with Gasteiger partial charge in [-0.15, -0.1) is 0 Å². The van der Waals surface area contributed by atoms with Crippen molar-refractivity contribution in [1.29, 1.82) is 0 Å². The summed E-state index contributed by atoms with van der Waals surface area (Å²) < 4.78 is 52.7. The van der Waals surface area contributed by atoms with Crippen molar-refractivity contribution >= 4 is 53.1 Å². The summed E-state index contributed by atoms with van der Waals surface area (Å²) in [5, 5.41) is 1.30. The Balaban J connectivity index is 0.000000191. The van der Waals surface area contributed by atoms with E-state index in [-0.39, 0.29) is 9.79 Å². The van der Waals surface area contributed by atoms with Gasteiger partial charge in [0, 0.05) is 20.7 Å². The molecule has 0 radical (unpaired) electrons. The zero-order chi connectivity index (χ0) is 24.9. The molecule has 0 aliphatic carbocycles. The van der Waals surface area contributed by atoms with Crippen molar-refractivity contribution in [2.75, 3.05) is 0 Å². The first-order valence-corrected chi connectivity index (χ1v) is 14.1. The molecular formula is C24H17Cl3O5S2. The highest BCUT2D eigenvalue weighted by Gasteiger charge is 2.10. The Hall–Kier alpha value is -2.39. The lowest BCUT2D eigenvalue weighted by molar-refractivity contribution is 0.483. The predicted molar refractivity (Wildman–Crippen MR) is 137 cm³/mol. The van der Waals surface area contributed by atoms with Crippen LogP contribution in [0.2, 0.25) is 10.0 Å². The summed E-state index contributed by atoms with van der Waals surface area (Å²) in [6, 6.07) is 26.8. The van der Waals surface area contributed by atoms with Crippen LogP contribution in [0, 0.1) is 0 Å². The van der Waals surface area contributed by atoms with E-state index in [1.165, 1.54) is 24.3 Å². The number of halogens is 3. The normalized spacial score (nSPS) is 11.4.